The summed E-state index contributed by atoms with van der Waals surface area (Å²) in [7, 11) is -1.12. The van der Waals surface area contributed by atoms with E-state index >= 15 is 0 Å². The highest BCUT2D eigenvalue weighted by Crippen LogP contribution is 2.29. The number of hydrogen-bond acceptors (Lipinski definition) is 4. The van der Waals surface area contributed by atoms with Gasteiger partial charge in [0, 0.05) is 6.26 Å². The van der Waals surface area contributed by atoms with E-state index in [1.807, 2.05) is 0 Å². The molecule has 0 aliphatic rings. The van der Waals surface area contributed by atoms with Crippen LogP contribution < -0.4 is 0 Å². The molecule has 2 rings (SSSR count). The van der Waals surface area contributed by atoms with Crippen LogP contribution in [0.1, 0.15) is 0 Å². The smallest absolute Gasteiger partial charge is 0.143 e. The van der Waals surface area contributed by atoms with Crippen molar-refractivity contribution in [2.75, 3.05) is 6.26 Å². The minimum absolute atomic E-state index is 0.0661. The summed E-state index contributed by atoms with van der Waals surface area (Å²) in [5.41, 5.74) is 0.927. The van der Waals surface area contributed by atoms with Crippen molar-refractivity contribution in [2.24, 2.45) is 10.2 Å². The second kappa shape index (κ2) is 5.55. The number of rotatable bonds is 3. The summed E-state index contributed by atoms with van der Waals surface area (Å²) in [4.78, 5) is 0.622. The van der Waals surface area contributed by atoms with Crippen molar-refractivity contribution in [3.8, 4) is 5.75 Å². The predicted octanol–water partition coefficient (Wildman–Crippen LogP) is 3.55. The van der Waals surface area contributed by atoms with Gasteiger partial charge >= 0.3 is 0 Å². The molecule has 1 unspecified atom stereocenters. The number of nitrogens with zero attached hydrogens (tertiary/aromatic N) is 2. The highest BCUT2D eigenvalue weighted by atomic mass is 32.2. The molecule has 2 aromatic rings. The Morgan fingerprint density at radius 2 is 1.50 bits per heavy atom. The van der Waals surface area contributed by atoms with Gasteiger partial charge < -0.3 is 5.11 Å². The van der Waals surface area contributed by atoms with Gasteiger partial charge in [0.2, 0.25) is 0 Å². The fourth-order valence-corrected chi connectivity index (χ4v) is 2.11. The first-order valence-corrected chi connectivity index (χ1v) is 6.86. The van der Waals surface area contributed by atoms with Crippen LogP contribution >= 0.6 is 0 Å². The third-order valence-electron chi connectivity index (χ3n) is 2.32. The second-order valence-corrected chi connectivity index (χ2v) is 4.96. The van der Waals surface area contributed by atoms with Gasteiger partial charge in [-0.3, -0.25) is 4.21 Å². The van der Waals surface area contributed by atoms with Crippen molar-refractivity contribution in [2.45, 2.75) is 4.90 Å². The minimum Gasteiger partial charge on any atom is -0.506 e. The molecule has 92 valence electrons. The fraction of sp³-hybridized carbons (Fsp3) is 0.0769. The maximum absolute atomic E-state index is 11.5. The Morgan fingerprint density at radius 3 is 2.17 bits per heavy atom. The first-order valence-electron chi connectivity index (χ1n) is 5.30. The lowest BCUT2D eigenvalue weighted by atomic mass is 10.3. The van der Waals surface area contributed by atoms with Crippen LogP contribution in [-0.2, 0) is 10.8 Å². The Labute approximate surface area is 107 Å². The largest absolute Gasteiger partial charge is 0.506 e. The van der Waals surface area contributed by atoms with E-state index in [0.29, 0.717) is 16.3 Å². The van der Waals surface area contributed by atoms with E-state index in [0.717, 1.165) is 0 Å². The van der Waals surface area contributed by atoms with Crippen molar-refractivity contribution < 1.29 is 9.32 Å². The number of phenols is 1. The van der Waals surface area contributed by atoms with E-state index in [1.165, 1.54) is 6.07 Å². The van der Waals surface area contributed by atoms with Crippen LogP contribution in [0.5, 0.6) is 5.75 Å². The fourth-order valence-electron chi connectivity index (χ4n) is 1.44. The van der Waals surface area contributed by atoms with Gasteiger partial charge in [-0.05, 0) is 24.3 Å². The number of benzene rings is 2. The van der Waals surface area contributed by atoms with E-state index in [4.69, 9.17) is 0 Å². The predicted molar refractivity (Wildman–Crippen MR) is 71.1 cm³/mol. The number of aromatic hydroxyl groups is 1. The number of hydrogen-bond donors (Lipinski definition) is 1. The molecule has 0 aliphatic heterocycles. The maximum Gasteiger partial charge on any atom is 0.143 e. The van der Waals surface area contributed by atoms with Crippen LogP contribution in [0.4, 0.5) is 11.4 Å². The molecular formula is C13H12N2O2S. The Hall–Kier alpha value is -2.01. The SMILES string of the molecule is CS(=O)c1ccccc1N=Nc1ccccc1O. The topological polar surface area (TPSA) is 62.0 Å². The number of azo groups is 1. The molecule has 1 N–H and O–H groups in total. The molecule has 18 heavy (non-hydrogen) atoms. The van der Waals surface area contributed by atoms with Gasteiger partial charge in [0.05, 0.1) is 15.7 Å². The molecule has 2 aromatic carbocycles. The number of para-hydroxylation sites is 1. The Kier molecular flexibility index (Phi) is 3.84. The van der Waals surface area contributed by atoms with Crippen molar-refractivity contribution in [1.29, 1.82) is 0 Å². The molecule has 0 aliphatic carbocycles. The van der Waals surface area contributed by atoms with Crippen LogP contribution in [0.2, 0.25) is 0 Å². The molecule has 0 saturated carbocycles. The summed E-state index contributed by atoms with van der Waals surface area (Å²) in [6.45, 7) is 0. The van der Waals surface area contributed by atoms with Gasteiger partial charge in [0.1, 0.15) is 17.1 Å². The summed E-state index contributed by atoms with van der Waals surface area (Å²) < 4.78 is 11.5. The van der Waals surface area contributed by atoms with Crippen molar-refractivity contribution in [3.63, 3.8) is 0 Å². The maximum atomic E-state index is 11.5. The van der Waals surface area contributed by atoms with Gasteiger partial charge in [-0.15, -0.1) is 10.2 Å². The molecular weight excluding hydrogens is 248 g/mol. The summed E-state index contributed by atoms with van der Waals surface area (Å²) in [5.74, 6) is 0.0661. The summed E-state index contributed by atoms with van der Waals surface area (Å²) in [5, 5.41) is 17.5. The van der Waals surface area contributed by atoms with Crippen LogP contribution in [0, 0.1) is 0 Å². The average molecular weight is 260 g/mol. The molecule has 5 heteroatoms. The van der Waals surface area contributed by atoms with Crippen LogP contribution in [0.25, 0.3) is 0 Å². The van der Waals surface area contributed by atoms with E-state index in [9.17, 15) is 9.32 Å². The van der Waals surface area contributed by atoms with Gasteiger partial charge in [-0.25, -0.2) is 0 Å². The van der Waals surface area contributed by atoms with E-state index < -0.39 is 10.8 Å². The van der Waals surface area contributed by atoms with Crippen molar-refractivity contribution in [1.82, 2.24) is 0 Å². The summed E-state index contributed by atoms with van der Waals surface area (Å²) in [6, 6.07) is 13.8. The zero-order valence-corrected chi connectivity index (χ0v) is 10.6. The number of phenolic OH excluding ortho intramolecular Hbond substituents is 1. The van der Waals surface area contributed by atoms with Crippen molar-refractivity contribution in [3.05, 3.63) is 48.5 Å². The summed E-state index contributed by atoms with van der Waals surface area (Å²) in [6.07, 6.45) is 1.59. The lowest BCUT2D eigenvalue weighted by molar-refractivity contribution is 0.476. The monoisotopic (exact) mass is 260 g/mol. The first kappa shape index (κ1) is 12.4. The normalized spacial score (nSPS) is 12.7. The Bertz CT molecular complexity index is 611. The van der Waals surface area contributed by atoms with Crippen LogP contribution in [-0.4, -0.2) is 15.6 Å². The molecule has 0 fully saturated rings. The van der Waals surface area contributed by atoms with Crippen LogP contribution in [0.15, 0.2) is 63.7 Å². The lowest BCUT2D eigenvalue weighted by Crippen LogP contribution is -1.86. The zero-order chi connectivity index (χ0) is 13.0. The molecule has 0 spiro atoms. The molecule has 0 radical (unpaired) electrons. The third-order valence-corrected chi connectivity index (χ3v) is 3.29. The molecule has 0 aromatic heterocycles. The lowest BCUT2D eigenvalue weighted by Gasteiger charge is -2.00. The summed E-state index contributed by atoms with van der Waals surface area (Å²) >= 11 is 0. The van der Waals surface area contributed by atoms with E-state index in [1.54, 1.807) is 48.7 Å². The van der Waals surface area contributed by atoms with Gasteiger partial charge in [-0.1, -0.05) is 24.3 Å². The molecule has 0 saturated heterocycles. The van der Waals surface area contributed by atoms with E-state index in [2.05, 4.69) is 10.2 Å². The second-order valence-electron chi connectivity index (χ2n) is 3.61. The highest BCUT2D eigenvalue weighted by molar-refractivity contribution is 7.84. The van der Waals surface area contributed by atoms with E-state index in [-0.39, 0.29) is 5.75 Å². The average Bonchev–Trinajstić information content (AvgIpc) is 2.38. The zero-order valence-electron chi connectivity index (χ0n) is 9.78. The van der Waals surface area contributed by atoms with Gasteiger partial charge in [0.25, 0.3) is 0 Å². The van der Waals surface area contributed by atoms with Crippen LogP contribution in [0.3, 0.4) is 0 Å². The standard InChI is InChI=1S/C13H12N2O2S/c1-18(17)13-9-5-3-7-11(13)15-14-10-6-2-4-8-12(10)16/h2-9,16H,1H3. The molecule has 0 amide bonds. The van der Waals surface area contributed by atoms with Crippen molar-refractivity contribution >= 4 is 22.2 Å². The Morgan fingerprint density at radius 1 is 0.944 bits per heavy atom. The minimum atomic E-state index is -1.12. The van der Waals surface area contributed by atoms with Gasteiger partial charge in [0.15, 0.2) is 0 Å². The quantitative estimate of drug-likeness (QED) is 0.858. The molecule has 1 atom stereocenters. The molecule has 0 heterocycles. The highest BCUT2D eigenvalue weighted by Gasteiger charge is 2.04. The first-order chi connectivity index (χ1) is 8.68. The third kappa shape index (κ3) is 2.81. The Balaban J connectivity index is 2.35. The molecule has 4 nitrogen and oxygen atoms in total. The molecule has 0 bridgehead atoms. The van der Waals surface area contributed by atoms with Gasteiger partial charge in [-0.2, -0.15) is 0 Å².